The first-order valence-electron chi connectivity index (χ1n) is 6.12. The van der Waals surface area contributed by atoms with Crippen molar-refractivity contribution in [3.8, 4) is 0 Å². The number of carboxylic acid groups (broad SMARTS) is 1. The van der Waals surface area contributed by atoms with Gasteiger partial charge in [-0.15, -0.1) is 0 Å². The minimum absolute atomic E-state index is 0.262. The van der Waals surface area contributed by atoms with E-state index in [9.17, 15) is 22.8 Å². The van der Waals surface area contributed by atoms with Gasteiger partial charge in [-0.05, 0) is 12.8 Å². The standard InChI is InChI=1S/C12H20F3NO3/c1-4-11(5-2,10(18)19)8-9(17)16(3)7-6-12(13,14)15/h4-8H2,1-3H3,(H,18,19). The smallest absolute Gasteiger partial charge is 0.390 e. The Morgan fingerprint density at radius 3 is 1.95 bits per heavy atom. The molecule has 112 valence electrons. The van der Waals surface area contributed by atoms with Gasteiger partial charge in [0.15, 0.2) is 0 Å². The van der Waals surface area contributed by atoms with Crippen LogP contribution in [0.5, 0.6) is 0 Å². The monoisotopic (exact) mass is 283 g/mol. The van der Waals surface area contributed by atoms with Crippen LogP contribution in [0.25, 0.3) is 0 Å². The fourth-order valence-corrected chi connectivity index (χ4v) is 1.72. The van der Waals surface area contributed by atoms with E-state index in [0.29, 0.717) is 0 Å². The Morgan fingerprint density at radius 1 is 1.16 bits per heavy atom. The van der Waals surface area contributed by atoms with Crippen LogP contribution in [-0.4, -0.2) is 41.7 Å². The highest BCUT2D eigenvalue weighted by Crippen LogP contribution is 2.31. The zero-order chi connectivity index (χ0) is 15.3. The number of rotatable bonds is 7. The lowest BCUT2D eigenvalue weighted by atomic mass is 9.79. The molecule has 0 aliphatic rings. The second-order valence-electron chi connectivity index (χ2n) is 4.65. The number of hydrogen-bond donors (Lipinski definition) is 1. The van der Waals surface area contributed by atoms with Crippen molar-refractivity contribution in [3.05, 3.63) is 0 Å². The normalized spacial score (nSPS) is 12.3. The Morgan fingerprint density at radius 2 is 1.63 bits per heavy atom. The number of nitrogens with zero attached hydrogens (tertiary/aromatic N) is 1. The van der Waals surface area contributed by atoms with Crippen molar-refractivity contribution in [3.63, 3.8) is 0 Å². The first-order valence-corrected chi connectivity index (χ1v) is 6.12. The van der Waals surface area contributed by atoms with E-state index in [0.717, 1.165) is 4.90 Å². The summed E-state index contributed by atoms with van der Waals surface area (Å²) in [4.78, 5) is 23.9. The van der Waals surface area contributed by atoms with Crippen molar-refractivity contribution < 1.29 is 27.9 Å². The van der Waals surface area contributed by atoms with Gasteiger partial charge < -0.3 is 10.0 Å². The van der Waals surface area contributed by atoms with E-state index in [1.165, 1.54) is 7.05 Å². The first-order chi connectivity index (χ1) is 8.58. The third-order valence-corrected chi connectivity index (χ3v) is 3.45. The van der Waals surface area contributed by atoms with Crippen LogP contribution < -0.4 is 0 Å². The Hall–Kier alpha value is -1.27. The number of carbonyl (C=O) groups excluding carboxylic acids is 1. The molecule has 0 atom stereocenters. The van der Waals surface area contributed by atoms with Gasteiger partial charge in [0.05, 0.1) is 11.8 Å². The number of carboxylic acids is 1. The highest BCUT2D eigenvalue weighted by atomic mass is 19.4. The van der Waals surface area contributed by atoms with Gasteiger partial charge >= 0.3 is 12.1 Å². The maximum Gasteiger partial charge on any atom is 0.390 e. The molecule has 19 heavy (non-hydrogen) atoms. The molecule has 0 radical (unpaired) electrons. The lowest BCUT2D eigenvalue weighted by Gasteiger charge is -2.28. The second-order valence-corrected chi connectivity index (χ2v) is 4.65. The SMILES string of the molecule is CCC(CC)(CC(=O)N(C)CCC(F)(F)F)C(=O)O. The molecular formula is C12H20F3NO3. The van der Waals surface area contributed by atoms with Crippen LogP contribution in [0.15, 0.2) is 0 Å². The Kier molecular flexibility index (Phi) is 6.32. The van der Waals surface area contributed by atoms with Gasteiger partial charge in [0.2, 0.25) is 5.91 Å². The van der Waals surface area contributed by atoms with Crippen LogP contribution in [0.4, 0.5) is 13.2 Å². The Balaban J connectivity index is 4.61. The number of alkyl halides is 3. The average molecular weight is 283 g/mol. The molecule has 0 aliphatic carbocycles. The summed E-state index contributed by atoms with van der Waals surface area (Å²) in [5.74, 6) is -1.66. The van der Waals surface area contributed by atoms with E-state index >= 15 is 0 Å². The highest BCUT2D eigenvalue weighted by Gasteiger charge is 2.38. The van der Waals surface area contributed by atoms with Gasteiger partial charge in [0.1, 0.15) is 0 Å². The molecular weight excluding hydrogens is 263 g/mol. The molecule has 1 N–H and O–H groups in total. The molecule has 0 aromatic rings. The largest absolute Gasteiger partial charge is 0.481 e. The quantitative estimate of drug-likeness (QED) is 0.781. The molecule has 0 saturated heterocycles. The average Bonchev–Trinajstić information content (AvgIpc) is 2.31. The summed E-state index contributed by atoms with van der Waals surface area (Å²) in [7, 11) is 1.26. The van der Waals surface area contributed by atoms with E-state index in [2.05, 4.69) is 0 Å². The van der Waals surface area contributed by atoms with E-state index in [-0.39, 0.29) is 19.3 Å². The topological polar surface area (TPSA) is 57.6 Å². The summed E-state index contributed by atoms with van der Waals surface area (Å²) in [6, 6.07) is 0. The summed E-state index contributed by atoms with van der Waals surface area (Å²) in [6.07, 6.45) is -5.17. The van der Waals surface area contributed by atoms with Crippen LogP contribution in [0.2, 0.25) is 0 Å². The number of aliphatic carboxylic acids is 1. The van der Waals surface area contributed by atoms with Crippen molar-refractivity contribution in [2.24, 2.45) is 5.41 Å². The van der Waals surface area contributed by atoms with Crippen LogP contribution in [0.3, 0.4) is 0 Å². The lowest BCUT2D eigenvalue weighted by molar-refractivity contribution is -0.156. The molecule has 0 rings (SSSR count). The number of halogens is 3. The van der Waals surface area contributed by atoms with Gasteiger partial charge in [-0.2, -0.15) is 13.2 Å². The second kappa shape index (κ2) is 6.77. The maximum atomic E-state index is 12.0. The van der Waals surface area contributed by atoms with Crippen molar-refractivity contribution in [2.45, 2.75) is 45.7 Å². The van der Waals surface area contributed by atoms with E-state index < -0.39 is 36.4 Å². The fourth-order valence-electron chi connectivity index (χ4n) is 1.72. The number of carbonyl (C=O) groups is 2. The first kappa shape index (κ1) is 17.7. The third kappa shape index (κ3) is 5.48. The van der Waals surface area contributed by atoms with Gasteiger partial charge in [-0.25, -0.2) is 0 Å². The summed E-state index contributed by atoms with van der Waals surface area (Å²) in [5.41, 5.74) is -1.19. The van der Waals surface area contributed by atoms with E-state index in [1.807, 2.05) is 0 Å². The van der Waals surface area contributed by atoms with Gasteiger partial charge in [-0.3, -0.25) is 9.59 Å². The van der Waals surface area contributed by atoms with Crippen LogP contribution >= 0.6 is 0 Å². The highest BCUT2D eigenvalue weighted by molar-refractivity contribution is 5.84. The molecule has 0 saturated carbocycles. The van der Waals surface area contributed by atoms with Gasteiger partial charge in [0, 0.05) is 20.0 Å². The van der Waals surface area contributed by atoms with Crippen molar-refractivity contribution >= 4 is 11.9 Å². The summed E-state index contributed by atoms with van der Waals surface area (Å²) in [5, 5.41) is 9.16. The molecule has 0 aliphatic heterocycles. The molecule has 1 amide bonds. The zero-order valence-corrected chi connectivity index (χ0v) is 11.4. The third-order valence-electron chi connectivity index (χ3n) is 3.45. The summed E-state index contributed by atoms with van der Waals surface area (Å²) >= 11 is 0. The predicted octanol–water partition coefficient (Wildman–Crippen LogP) is 2.68. The molecule has 0 spiro atoms. The fraction of sp³-hybridized carbons (Fsp3) is 0.833. The van der Waals surface area contributed by atoms with Crippen LogP contribution in [0, 0.1) is 5.41 Å². The van der Waals surface area contributed by atoms with E-state index in [1.54, 1.807) is 13.8 Å². The molecule has 4 nitrogen and oxygen atoms in total. The molecule has 7 heteroatoms. The number of hydrogen-bond acceptors (Lipinski definition) is 2. The molecule has 0 fully saturated rings. The Bertz CT molecular complexity index is 325. The minimum atomic E-state index is -4.33. The molecule has 0 bridgehead atoms. The Labute approximate surface area is 110 Å². The summed E-state index contributed by atoms with van der Waals surface area (Å²) < 4.78 is 36.1. The van der Waals surface area contributed by atoms with Crippen LogP contribution in [0.1, 0.15) is 39.5 Å². The molecule has 0 heterocycles. The van der Waals surface area contributed by atoms with Gasteiger partial charge in [-0.1, -0.05) is 13.8 Å². The molecule has 0 aromatic carbocycles. The molecule has 0 aromatic heterocycles. The van der Waals surface area contributed by atoms with Crippen molar-refractivity contribution in [1.82, 2.24) is 4.90 Å². The minimum Gasteiger partial charge on any atom is -0.481 e. The van der Waals surface area contributed by atoms with Crippen LogP contribution in [-0.2, 0) is 9.59 Å². The lowest BCUT2D eigenvalue weighted by Crippen LogP contribution is -2.38. The van der Waals surface area contributed by atoms with Gasteiger partial charge in [0.25, 0.3) is 0 Å². The van der Waals surface area contributed by atoms with Crippen molar-refractivity contribution in [1.29, 1.82) is 0 Å². The van der Waals surface area contributed by atoms with E-state index in [4.69, 9.17) is 5.11 Å². The maximum absolute atomic E-state index is 12.0. The van der Waals surface area contributed by atoms with Crippen molar-refractivity contribution in [2.75, 3.05) is 13.6 Å². The predicted molar refractivity (Wildman–Crippen MR) is 63.6 cm³/mol. The summed E-state index contributed by atoms with van der Waals surface area (Å²) in [6.45, 7) is 2.85. The number of amides is 1. The molecule has 0 unspecified atom stereocenters. The zero-order valence-electron chi connectivity index (χ0n) is 11.4.